The van der Waals surface area contributed by atoms with Gasteiger partial charge in [-0.1, -0.05) is 12.8 Å². The number of unbranched alkanes of at least 4 members (excludes halogenated alkanes) is 2. The minimum atomic E-state index is -4.98. The first-order valence-corrected chi connectivity index (χ1v) is 9.66. The molecule has 1 unspecified atom stereocenters. The third-order valence-electron chi connectivity index (χ3n) is 4.28. The van der Waals surface area contributed by atoms with Gasteiger partial charge < -0.3 is 20.0 Å². The second-order valence-corrected chi connectivity index (χ2v) is 7.84. The van der Waals surface area contributed by atoms with Crippen LogP contribution in [0.2, 0.25) is 0 Å². The maximum absolute atomic E-state index is 11.7. The summed E-state index contributed by atoms with van der Waals surface area (Å²) >= 11 is 0. The van der Waals surface area contributed by atoms with Crippen LogP contribution in [0.25, 0.3) is 0 Å². The van der Waals surface area contributed by atoms with Gasteiger partial charge in [-0.15, -0.1) is 5.06 Å². The molecule has 13 heteroatoms. The summed E-state index contributed by atoms with van der Waals surface area (Å²) < 4.78 is 32.7. The van der Waals surface area contributed by atoms with Gasteiger partial charge in [-0.05, 0) is 19.8 Å². The van der Waals surface area contributed by atoms with Gasteiger partial charge in [0.25, 0.3) is 11.8 Å². The first-order chi connectivity index (χ1) is 12.1. The number of hydrogen-bond donors (Lipinski definition) is 2. The van der Waals surface area contributed by atoms with Crippen LogP contribution in [-0.2, 0) is 29.3 Å². The Morgan fingerprint density at radius 1 is 1.22 bits per heavy atom. The van der Waals surface area contributed by atoms with Crippen LogP contribution >= 0.6 is 0 Å². The molecule has 2 saturated heterocycles. The fourth-order valence-corrected chi connectivity index (χ4v) is 3.52. The number of carbonyl (C=O) groups is 4. The molecule has 0 saturated carbocycles. The fraction of sp³-hybridized carbons (Fsp3) is 0.714. The van der Waals surface area contributed by atoms with E-state index in [-0.39, 0.29) is 59.2 Å². The standard InChI is InChI=1S/C14H21N3O8S.Na/c1-8-9(16-14(21)15-8)5-3-2-4-6-12(19)25-17-11(18)7-10(13(17)20)26(22,23)24;/h8-10H,2-7H2,1H3,(H2,15,16,21)(H,22,23,24);/q;+1/p-1/t8-,9+,10?;/m0./s1. The largest absolute Gasteiger partial charge is 1.00 e. The van der Waals surface area contributed by atoms with Gasteiger partial charge in [-0.25, -0.2) is 18.0 Å². The first kappa shape index (κ1) is 23.8. The van der Waals surface area contributed by atoms with Crippen LogP contribution in [0, 0.1) is 0 Å². The number of imide groups is 1. The molecular weight excluding hydrogens is 393 g/mol. The molecule has 0 aromatic carbocycles. The van der Waals surface area contributed by atoms with E-state index in [2.05, 4.69) is 15.5 Å². The van der Waals surface area contributed by atoms with Gasteiger partial charge in [0.05, 0.1) is 12.5 Å². The van der Waals surface area contributed by atoms with Crippen molar-refractivity contribution in [1.82, 2.24) is 15.7 Å². The predicted molar refractivity (Wildman–Crippen MR) is 84.0 cm³/mol. The molecule has 4 amide bonds. The Morgan fingerprint density at radius 3 is 2.41 bits per heavy atom. The van der Waals surface area contributed by atoms with Gasteiger partial charge in [0, 0.05) is 12.5 Å². The number of nitrogens with zero attached hydrogens (tertiary/aromatic N) is 1. The van der Waals surface area contributed by atoms with Crippen LogP contribution in [-0.4, -0.2) is 59.2 Å². The minimum absolute atomic E-state index is 0. The Morgan fingerprint density at radius 2 is 1.89 bits per heavy atom. The third-order valence-corrected chi connectivity index (χ3v) is 5.34. The van der Waals surface area contributed by atoms with E-state index in [1.54, 1.807) is 0 Å². The van der Waals surface area contributed by atoms with Crippen LogP contribution < -0.4 is 40.2 Å². The summed E-state index contributed by atoms with van der Waals surface area (Å²) in [4.78, 5) is 50.7. The van der Waals surface area contributed by atoms with Crippen molar-refractivity contribution < 1.29 is 66.5 Å². The van der Waals surface area contributed by atoms with E-state index in [0.717, 1.165) is 12.8 Å². The summed E-state index contributed by atoms with van der Waals surface area (Å²) in [6.07, 6.45) is 1.69. The zero-order valence-corrected chi connectivity index (χ0v) is 17.9. The van der Waals surface area contributed by atoms with Gasteiger partial charge in [0.1, 0.15) is 15.4 Å². The minimum Gasteiger partial charge on any atom is -0.747 e. The quantitative estimate of drug-likeness (QED) is 0.177. The Hall–Kier alpha value is -1.21. The molecule has 2 aliphatic rings. The monoisotopic (exact) mass is 413 g/mol. The average Bonchev–Trinajstić information content (AvgIpc) is 2.99. The number of nitrogens with one attached hydrogen (secondary N) is 2. The third kappa shape index (κ3) is 6.42. The molecule has 146 valence electrons. The Bertz CT molecular complexity index is 713. The van der Waals surface area contributed by atoms with Gasteiger partial charge in [0.15, 0.2) is 0 Å². The zero-order valence-electron chi connectivity index (χ0n) is 15.1. The van der Waals surface area contributed by atoms with Crippen LogP contribution in [0.4, 0.5) is 4.79 Å². The first-order valence-electron chi connectivity index (χ1n) is 8.19. The van der Waals surface area contributed by atoms with Crippen molar-refractivity contribution in [3.05, 3.63) is 0 Å². The molecule has 0 aromatic rings. The number of hydroxylamine groups is 2. The summed E-state index contributed by atoms with van der Waals surface area (Å²) in [5.74, 6) is -3.23. The maximum atomic E-state index is 11.7. The molecule has 11 nitrogen and oxygen atoms in total. The Kier molecular flexibility index (Phi) is 8.67. The molecule has 2 heterocycles. The molecule has 2 aliphatic heterocycles. The molecule has 2 fully saturated rings. The van der Waals surface area contributed by atoms with Crippen LogP contribution in [0.3, 0.4) is 0 Å². The maximum Gasteiger partial charge on any atom is 1.00 e. The SMILES string of the molecule is C[C@@H]1NC(=O)N[C@@H]1CCCCCC(=O)ON1C(=O)CC(S(=O)(=O)[O-])C1=O.[Na+]. The number of carbonyl (C=O) groups excluding carboxylic acids is 4. The van der Waals surface area contributed by atoms with Gasteiger partial charge in [-0.3, -0.25) is 9.59 Å². The Labute approximate surface area is 178 Å². The van der Waals surface area contributed by atoms with E-state index in [1.807, 2.05) is 6.92 Å². The number of rotatable bonds is 8. The van der Waals surface area contributed by atoms with Gasteiger partial charge in [-0.2, -0.15) is 0 Å². The molecule has 0 bridgehead atoms. The zero-order chi connectivity index (χ0) is 19.5. The molecule has 2 rings (SSSR count). The van der Waals surface area contributed by atoms with Gasteiger partial charge in [0.2, 0.25) is 0 Å². The normalized spacial score (nSPS) is 25.0. The molecule has 27 heavy (non-hydrogen) atoms. The van der Waals surface area contributed by atoms with Crippen LogP contribution in [0.1, 0.15) is 45.4 Å². The number of amides is 4. The van der Waals surface area contributed by atoms with Crippen molar-refractivity contribution in [2.24, 2.45) is 0 Å². The summed E-state index contributed by atoms with van der Waals surface area (Å²) in [6.45, 7) is 1.89. The fourth-order valence-electron chi connectivity index (χ4n) is 2.83. The van der Waals surface area contributed by atoms with E-state index < -0.39 is 39.6 Å². The Balaban J connectivity index is 0.00000364. The molecule has 0 spiro atoms. The molecule has 0 radical (unpaired) electrons. The van der Waals surface area contributed by atoms with Crippen molar-refractivity contribution >= 4 is 33.9 Å². The van der Waals surface area contributed by atoms with Crippen molar-refractivity contribution in [1.29, 1.82) is 0 Å². The second-order valence-electron chi connectivity index (χ2n) is 6.29. The molecule has 0 aromatic heterocycles. The van der Waals surface area contributed by atoms with E-state index in [9.17, 15) is 32.1 Å². The topological polar surface area (TPSA) is 162 Å². The van der Waals surface area contributed by atoms with E-state index in [1.165, 1.54) is 0 Å². The van der Waals surface area contributed by atoms with Crippen molar-refractivity contribution in [2.45, 2.75) is 62.8 Å². The average molecular weight is 413 g/mol. The summed E-state index contributed by atoms with van der Waals surface area (Å²) in [5.41, 5.74) is 0. The number of hydrogen-bond acceptors (Lipinski definition) is 8. The molecular formula is C14H20N3NaO8S. The molecule has 2 N–H and O–H groups in total. The van der Waals surface area contributed by atoms with Crippen molar-refractivity contribution in [2.75, 3.05) is 0 Å². The number of urea groups is 1. The molecule has 0 aliphatic carbocycles. The van der Waals surface area contributed by atoms with E-state index in [0.29, 0.717) is 12.8 Å². The predicted octanol–water partition coefficient (Wildman–Crippen LogP) is -3.86. The summed E-state index contributed by atoms with van der Waals surface area (Å²) in [7, 11) is -4.98. The van der Waals surface area contributed by atoms with Crippen molar-refractivity contribution in [3.63, 3.8) is 0 Å². The van der Waals surface area contributed by atoms with E-state index >= 15 is 0 Å². The van der Waals surface area contributed by atoms with Crippen LogP contribution in [0.5, 0.6) is 0 Å². The van der Waals surface area contributed by atoms with Crippen LogP contribution in [0.15, 0.2) is 0 Å². The second kappa shape index (κ2) is 9.82. The summed E-state index contributed by atoms with van der Waals surface area (Å²) in [5, 5.41) is 3.53. The van der Waals surface area contributed by atoms with E-state index in [4.69, 9.17) is 0 Å². The summed E-state index contributed by atoms with van der Waals surface area (Å²) in [6, 6.07) is -0.144. The molecule has 3 atom stereocenters. The smallest absolute Gasteiger partial charge is 0.747 e. The van der Waals surface area contributed by atoms with Gasteiger partial charge >= 0.3 is 41.6 Å². The van der Waals surface area contributed by atoms with Crippen molar-refractivity contribution in [3.8, 4) is 0 Å².